The van der Waals surface area contributed by atoms with Gasteiger partial charge in [-0.25, -0.2) is 0 Å². The first-order valence-corrected chi connectivity index (χ1v) is 13.7. The monoisotopic (exact) mass is 512 g/mol. The molecule has 7 aromatic rings. The van der Waals surface area contributed by atoms with Gasteiger partial charge in [-0.05, 0) is 80.9 Å². The van der Waals surface area contributed by atoms with Crippen LogP contribution in [0.4, 0.5) is 0 Å². The van der Waals surface area contributed by atoms with Gasteiger partial charge in [0.2, 0.25) is 0 Å². The highest BCUT2D eigenvalue weighted by molar-refractivity contribution is 6.21. The summed E-state index contributed by atoms with van der Waals surface area (Å²) in [6.45, 7) is 4.08. The number of aryl methyl sites for hydroxylation is 2. The SMILES string of the molecule is Cc1ccc(-c2ccc(-c3c4ccccc4c(-c4ccc(-c5cccnc5C)cc4)c4ccccc34)cc2)cn1. The van der Waals surface area contributed by atoms with Gasteiger partial charge < -0.3 is 0 Å². The highest BCUT2D eigenvalue weighted by Gasteiger charge is 2.16. The van der Waals surface area contributed by atoms with Crippen LogP contribution in [0.1, 0.15) is 11.4 Å². The van der Waals surface area contributed by atoms with E-state index in [0.717, 1.165) is 17.0 Å². The zero-order chi connectivity index (χ0) is 27.1. The smallest absolute Gasteiger partial charge is 0.0450 e. The second-order valence-electron chi connectivity index (χ2n) is 10.3. The number of pyridine rings is 2. The molecule has 40 heavy (non-hydrogen) atoms. The molecule has 0 saturated heterocycles. The maximum absolute atomic E-state index is 4.48. The Morgan fingerprint density at radius 2 is 0.875 bits per heavy atom. The van der Waals surface area contributed by atoms with Crippen molar-refractivity contribution in [1.29, 1.82) is 0 Å². The van der Waals surface area contributed by atoms with Gasteiger partial charge in [0.05, 0.1) is 0 Å². The minimum absolute atomic E-state index is 1.03. The highest BCUT2D eigenvalue weighted by atomic mass is 14.7. The predicted octanol–water partition coefficient (Wildman–Crippen LogP) is 10.1. The van der Waals surface area contributed by atoms with Crippen molar-refractivity contribution in [1.82, 2.24) is 9.97 Å². The molecule has 0 aliphatic rings. The van der Waals surface area contributed by atoms with Crippen LogP contribution in [0.5, 0.6) is 0 Å². The minimum Gasteiger partial charge on any atom is -0.261 e. The van der Waals surface area contributed by atoms with Gasteiger partial charge in [-0.15, -0.1) is 0 Å². The first kappa shape index (κ1) is 24.0. The number of aromatic nitrogens is 2. The Kier molecular flexibility index (Phi) is 5.94. The van der Waals surface area contributed by atoms with Gasteiger partial charge >= 0.3 is 0 Å². The second kappa shape index (κ2) is 9.91. The molecule has 190 valence electrons. The molecule has 7 rings (SSSR count). The Hall–Kier alpha value is -5.08. The maximum Gasteiger partial charge on any atom is 0.0450 e. The summed E-state index contributed by atoms with van der Waals surface area (Å²) < 4.78 is 0. The third kappa shape index (κ3) is 4.15. The molecule has 0 unspecified atom stereocenters. The molecule has 5 aromatic carbocycles. The number of hydrogen-bond acceptors (Lipinski definition) is 2. The molecule has 0 saturated carbocycles. The lowest BCUT2D eigenvalue weighted by Crippen LogP contribution is -1.91. The largest absolute Gasteiger partial charge is 0.261 e. The Labute approximate surface area is 234 Å². The summed E-state index contributed by atoms with van der Waals surface area (Å²) in [6, 6.07) is 43.8. The second-order valence-corrected chi connectivity index (χ2v) is 10.3. The predicted molar refractivity (Wildman–Crippen MR) is 168 cm³/mol. The molecular weight excluding hydrogens is 484 g/mol. The van der Waals surface area contributed by atoms with E-state index in [-0.39, 0.29) is 0 Å². The van der Waals surface area contributed by atoms with Crippen molar-refractivity contribution in [2.45, 2.75) is 13.8 Å². The Bertz CT molecular complexity index is 1930. The molecule has 2 heterocycles. The van der Waals surface area contributed by atoms with Crippen LogP contribution in [-0.2, 0) is 0 Å². The van der Waals surface area contributed by atoms with Crippen molar-refractivity contribution in [3.63, 3.8) is 0 Å². The Morgan fingerprint density at radius 1 is 0.400 bits per heavy atom. The first-order chi connectivity index (χ1) is 19.7. The summed E-state index contributed by atoms with van der Waals surface area (Å²) in [5.74, 6) is 0. The Balaban J connectivity index is 1.40. The number of nitrogens with zero attached hydrogens (tertiary/aromatic N) is 2. The summed E-state index contributed by atoms with van der Waals surface area (Å²) >= 11 is 0. The van der Waals surface area contributed by atoms with Crippen LogP contribution in [0.2, 0.25) is 0 Å². The molecule has 0 bridgehead atoms. The molecule has 0 amide bonds. The Morgan fingerprint density at radius 3 is 1.35 bits per heavy atom. The summed E-state index contributed by atoms with van der Waals surface area (Å²) in [4.78, 5) is 8.96. The normalized spacial score (nSPS) is 11.2. The van der Waals surface area contributed by atoms with Crippen LogP contribution in [0, 0.1) is 13.8 Å². The van der Waals surface area contributed by atoms with E-state index in [4.69, 9.17) is 0 Å². The van der Waals surface area contributed by atoms with E-state index in [2.05, 4.69) is 132 Å². The van der Waals surface area contributed by atoms with Crippen molar-refractivity contribution in [3.8, 4) is 44.5 Å². The van der Waals surface area contributed by atoms with Crippen LogP contribution in [0.3, 0.4) is 0 Å². The summed E-state index contributed by atoms with van der Waals surface area (Å²) in [7, 11) is 0. The lowest BCUT2D eigenvalue weighted by atomic mass is 9.85. The van der Waals surface area contributed by atoms with E-state index in [1.165, 1.54) is 60.5 Å². The van der Waals surface area contributed by atoms with Crippen molar-refractivity contribution >= 4 is 21.5 Å². The molecule has 0 fully saturated rings. The topological polar surface area (TPSA) is 25.8 Å². The molecule has 0 radical (unpaired) electrons. The van der Waals surface area contributed by atoms with Crippen LogP contribution in [-0.4, -0.2) is 9.97 Å². The van der Waals surface area contributed by atoms with Crippen molar-refractivity contribution in [3.05, 3.63) is 145 Å². The molecular formula is C38H28N2. The van der Waals surface area contributed by atoms with E-state index >= 15 is 0 Å². The van der Waals surface area contributed by atoms with Crippen molar-refractivity contribution < 1.29 is 0 Å². The first-order valence-electron chi connectivity index (χ1n) is 13.7. The van der Waals surface area contributed by atoms with Gasteiger partial charge in [-0.2, -0.15) is 0 Å². The van der Waals surface area contributed by atoms with Crippen LogP contribution in [0.25, 0.3) is 66.1 Å². The summed E-state index contributed by atoms with van der Waals surface area (Å²) in [5.41, 5.74) is 11.7. The van der Waals surface area contributed by atoms with Crippen LogP contribution < -0.4 is 0 Å². The van der Waals surface area contributed by atoms with Crippen molar-refractivity contribution in [2.24, 2.45) is 0 Å². The molecule has 0 spiro atoms. The molecule has 2 aromatic heterocycles. The highest BCUT2D eigenvalue weighted by Crippen LogP contribution is 2.44. The van der Waals surface area contributed by atoms with Crippen LogP contribution in [0.15, 0.2) is 134 Å². The van der Waals surface area contributed by atoms with Gasteiger partial charge in [0, 0.05) is 34.9 Å². The fraction of sp³-hybridized carbons (Fsp3) is 0.0526. The number of hydrogen-bond donors (Lipinski definition) is 0. The number of rotatable bonds is 4. The van der Waals surface area contributed by atoms with Gasteiger partial charge in [-0.3, -0.25) is 9.97 Å². The quantitative estimate of drug-likeness (QED) is 0.219. The molecule has 0 aliphatic carbocycles. The molecule has 0 N–H and O–H groups in total. The minimum atomic E-state index is 1.03. The third-order valence-corrected chi connectivity index (χ3v) is 7.84. The standard InChI is InChI=1S/C38H28N2/c1-25-13-14-31(24-40-25)27-15-19-29(20-16-27)37-33-8-3-5-10-35(33)38(36-11-6-4-9-34(36)37)30-21-17-28(18-22-30)32-12-7-23-39-26(32)2/h3-24H,1-2H3. The van der Waals surface area contributed by atoms with E-state index < -0.39 is 0 Å². The lowest BCUT2D eigenvalue weighted by Gasteiger charge is -2.18. The molecule has 0 atom stereocenters. The number of benzene rings is 5. The van der Waals surface area contributed by atoms with Gasteiger partial charge in [0.15, 0.2) is 0 Å². The fourth-order valence-corrected chi connectivity index (χ4v) is 5.82. The average Bonchev–Trinajstić information content (AvgIpc) is 3.01. The number of fused-ring (bicyclic) bond motifs is 2. The zero-order valence-corrected chi connectivity index (χ0v) is 22.6. The molecule has 2 heteroatoms. The lowest BCUT2D eigenvalue weighted by molar-refractivity contribution is 1.20. The zero-order valence-electron chi connectivity index (χ0n) is 22.6. The van der Waals surface area contributed by atoms with Gasteiger partial charge in [-0.1, -0.05) is 109 Å². The molecule has 0 aliphatic heterocycles. The fourth-order valence-electron chi connectivity index (χ4n) is 5.82. The average molecular weight is 513 g/mol. The van der Waals surface area contributed by atoms with Gasteiger partial charge in [0.1, 0.15) is 0 Å². The third-order valence-electron chi connectivity index (χ3n) is 7.84. The van der Waals surface area contributed by atoms with Crippen molar-refractivity contribution in [2.75, 3.05) is 0 Å². The maximum atomic E-state index is 4.48. The van der Waals surface area contributed by atoms with E-state index in [0.29, 0.717) is 0 Å². The van der Waals surface area contributed by atoms with E-state index in [9.17, 15) is 0 Å². The summed E-state index contributed by atoms with van der Waals surface area (Å²) in [6.07, 6.45) is 3.80. The van der Waals surface area contributed by atoms with E-state index in [1.807, 2.05) is 25.4 Å². The van der Waals surface area contributed by atoms with E-state index in [1.54, 1.807) is 0 Å². The van der Waals surface area contributed by atoms with Gasteiger partial charge in [0.25, 0.3) is 0 Å². The molecule has 2 nitrogen and oxygen atoms in total. The van der Waals surface area contributed by atoms with Crippen LogP contribution >= 0.6 is 0 Å². The summed E-state index contributed by atoms with van der Waals surface area (Å²) in [5, 5.41) is 5.03.